The number of aryl methyl sites for hydroxylation is 2. The normalized spacial score (nSPS) is 13.1. The summed E-state index contributed by atoms with van der Waals surface area (Å²) >= 11 is 0. The first kappa shape index (κ1) is 25.2. The Labute approximate surface area is 217 Å². The van der Waals surface area contributed by atoms with Gasteiger partial charge in [-0.25, -0.2) is 9.18 Å². The molecule has 0 bridgehead atoms. The molecule has 2 aromatic heterocycles. The van der Waals surface area contributed by atoms with Crippen molar-refractivity contribution in [2.75, 3.05) is 10.6 Å². The fraction of sp³-hybridized carbons (Fsp3) is 0.286. The van der Waals surface area contributed by atoms with Gasteiger partial charge in [0.25, 0.3) is 11.1 Å². The van der Waals surface area contributed by atoms with Crippen LogP contribution in [0.3, 0.4) is 0 Å². The number of carbonyl (C=O) groups is 1. The number of carbonyl (C=O) groups excluding carboxylic acids is 1. The monoisotopic (exact) mass is 517 g/mol. The molecule has 2 aromatic carbocycles. The number of nitrogens with zero attached hydrogens (tertiary/aromatic N) is 3. The Morgan fingerprint density at radius 2 is 1.79 bits per heavy atom. The van der Waals surface area contributed by atoms with Crippen LogP contribution >= 0.6 is 0 Å². The molecule has 1 aliphatic carbocycles. The van der Waals surface area contributed by atoms with Crippen LogP contribution in [0.2, 0.25) is 0 Å². The van der Waals surface area contributed by atoms with Crippen LogP contribution in [0.5, 0.6) is 0 Å². The van der Waals surface area contributed by atoms with E-state index < -0.39 is 22.6 Å². The third kappa shape index (κ3) is 4.21. The number of hydrogen-bond acceptors (Lipinski definition) is 5. The number of fused-ring (bicyclic) bond motifs is 1. The number of pyridine rings is 1. The molecule has 2 heterocycles. The molecule has 4 aromatic rings. The van der Waals surface area contributed by atoms with Gasteiger partial charge in [0, 0.05) is 30.8 Å². The van der Waals surface area contributed by atoms with Gasteiger partial charge >= 0.3 is 5.69 Å². The van der Waals surface area contributed by atoms with Gasteiger partial charge in [-0.1, -0.05) is 12.1 Å². The average Bonchev–Trinajstić information content (AvgIpc) is 3.69. The minimum atomic E-state index is -0.575. The molecule has 0 atom stereocenters. The Morgan fingerprint density at radius 3 is 2.42 bits per heavy atom. The number of anilines is 3. The third-order valence-electron chi connectivity index (χ3n) is 6.75. The predicted octanol–water partition coefficient (Wildman–Crippen LogP) is 4.13. The van der Waals surface area contributed by atoms with Crippen LogP contribution in [0.25, 0.3) is 16.6 Å². The highest BCUT2D eigenvalue weighted by molar-refractivity contribution is 5.94. The van der Waals surface area contributed by atoms with Gasteiger partial charge in [0.1, 0.15) is 17.0 Å². The number of rotatable bonds is 6. The fourth-order valence-corrected chi connectivity index (χ4v) is 4.83. The van der Waals surface area contributed by atoms with E-state index in [4.69, 9.17) is 0 Å². The van der Waals surface area contributed by atoms with Crippen molar-refractivity contribution in [3.63, 3.8) is 0 Å². The molecule has 0 spiro atoms. The van der Waals surface area contributed by atoms with Crippen LogP contribution in [-0.2, 0) is 11.3 Å². The zero-order chi connectivity index (χ0) is 27.3. The van der Waals surface area contributed by atoms with E-state index in [1.54, 1.807) is 57.2 Å². The Kier molecular flexibility index (Phi) is 6.26. The summed E-state index contributed by atoms with van der Waals surface area (Å²) in [5, 5.41) is 5.81. The van der Waals surface area contributed by atoms with Crippen molar-refractivity contribution < 1.29 is 9.18 Å². The number of benzene rings is 2. The van der Waals surface area contributed by atoms with Gasteiger partial charge in [-0.15, -0.1) is 0 Å². The number of halogens is 1. The molecule has 0 unspecified atom stereocenters. The zero-order valence-corrected chi connectivity index (χ0v) is 21.6. The molecule has 1 amide bonds. The van der Waals surface area contributed by atoms with E-state index in [1.807, 2.05) is 0 Å². The topological polar surface area (TPSA) is 107 Å². The second-order valence-corrected chi connectivity index (χ2v) is 9.61. The van der Waals surface area contributed by atoms with Gasteiger partial charge in [0.15, 0.2) is 0 Å². The van der Waals surface area contributed by atoms with E-state index in [0.29, 0.717) is 24.2 Å². The SMILES string of the molecule is CCn1c(Nc2ccc(C)cc2F)c2c(=O)n(C3CC3)c(=O)n(-c3cccc(NC(C)=O)c3)c2c(C)c1=O. The Morgan fingerprint density at radius 1 is 1.05 bits per heavy atom. The first-order valence-corrected chi connectivity index (χ1v) is 12.5. The minimum absolute atomic E-state index is 0.102. The highest BCUT2D eigenvalue weighted by Gasteiger charge is 2.32. The molecule has 1 fully saturated rings. The lowest BCUT2D eigenvalue weighted by atomic mass is 10.1. The smallest absolute Gasteiger partial charge is 0.336 e. The Hall–Kier alpha value is -4.47. The summed E-state index contributed by atoms with van der Waals surface area (Å²) in [4.78, 5) is 53.0. The van der Waals surface area contributed by atoms with E-state index in [9.17, 15) is 23.6 Å². The number of aromatic nitrogens is 3. The summed E-state index contributed by atoms with van der Waals surface area (Å²) in [6.07, 6.45) is 1.35. The first-order chi connectivity index (χ1) is 18.1. The molecule has 0 aliphatic heterocycles. The van der Waals surface area contributed by atoms with Gasteiger partial charge in [-0.3, -0.25) is 28.1 Å². The summed E-state index contributed by atoms with van der Waals surface area (Å²) in [6.45, 7) is 6.68. The van der Waals surface area contributed by atoms with Gasteiger partial charge in [0.2, 0.25) is 5.91 Å². The Bertz CT molecular complexity index is 1800. The van der Waals surface area contributed by atoms with Crippen LogP contribution in [0, 0.1) is 19.7 Å². The van der Waals surface area contributed by atoms with Gasteiger partial charge in [0.05, 0.1) is 16.9 Å². The molecule has 9 nitrogen and oxygen atoms in total. The molecule has 196 valence electrons. The van der Waals surface area contributed by atoms with Crippen molar-refractivity contribution in [2.45, 2.75) is 53.1 Å². The zero-order valence-electron chi connectivity index (χ0n) is 21.6. The molecular formula is C28H28FN5O4. The van der Waals surface area contributed by atoms with Crippen LogP contribution in [0.1, 0.15) is 43.9 Å². The second-order valence-electron chi connectivity index (χ2n) is 9.61. The standard InChI is InChI=1S/C28H28FN5O4/c1-5-32-25(31-22-12-9-15(2)13-21(22)29)23-24(16(3)26(32)36)33(28(38)34(27(23)37)19-10-11-19)20-8-6-7-18(14-20)30-17(4)35/h6-9,12-14,19,31H,5,10-11H2,1-4H3,(H,30,35). The highest BCUT2D eigenvalue weighted by Crippen LogP contribution is 2.34. The quantitative estimate of drug-likeness (QED) is 0.400. The van der Waals surface area contributed by atoms with Crippen molar-refractivity contribution in [3.8, 4) is 5.69 Å². The van der Waals surface area contributed by atoms with Crippen molar-refractivity contribution >= 4 is 34.0 Å². The molecule has 2 N–H and O–H groups in total. The maximum absolute atomic E-state index is 14.9. The van der Waals surface area contributed by atoms with Gasteiger partial charge < -0.3 is 10.6 Å². The molecule has 38 heavy (non-hydrogen) atoms. The highest BCUT2D eigenvalue weighted by atomic mass is 19.1. The second kappa shape index (κ2) is 9.44. The lowest BCUT2D eigenvalue weighted by Gasteiger charge is -2.22. The maximum atomic E-state index is 14.9. The van der Waals surface area contributed by atoms with E-state index in [1.165, 1.54) is 26.7 Å². The van der Waals surface area contributed by atoms with E-state index in [0.717, 1.165) is 5.56 Å². The number of hydrogen-bond donors (Lipinski definition) is 2. The van der Waals surface area contributed by atoms with Crippen molar-refractivity contribution in [2.24, 2.45) is 0 Å². The summed E-state index contributed by atoms with van der Waals surface area (Å²) in [5.41, 5.74) is 0.481. The maximum Gasteiger partial charge on any atom is 0.336 e. The molecule has 10 heteroatoms. The minimum Gasteiger partial charge on any atom is -0.338 e. The van der Waals surface area contributed by atoms with Crippen molar-refractivity contribution in [1.29, 1.82) is 0 Å². The third-order valence-corrected chi connectivity index (χ3v) is 6.75. The average molecular weight is 518 g/mol. The molecular weight excluding hydrogens is 489 g/mol. The van der Waals surface area contributed by atoms with Gasteiger partial charge in [-0.05, 0) is 69.5 Å². The largest absolute Gasteiger partial charge is 0.338 e. The summed E-state index contributed by atoms with van der Waals surface area (Å²) in [5.74, 6) is -0.698. The van der Waals surface area contributed by atoms with E-state index in [2.05, 4.69) is 10.6 Å². The van der Waals surface area contributed by atoms with E-state index in [-0.39, 0.29) is 46.5 Å². The lowest BCUT2D eigenvalue weighted by molar-refractivity contribution is -0.114. The van der Waals surface area contributed by atoms with Crippen LogP contribution in [-0.4, -0.2) is 19.6 Å². The molecule has 1 aliphatic rings. The van der Waals surface area contributed by atoms with Crippen molar-refractivity contribution in [3.05, 3.63) is 90.6 Å². The number of amides is 1. The predicted molar refractivity (Wildman–Crippen MR) is 145 cm³/mol. The summed E-state index contributed by atoms with van der Waals surface area (Å²) in [6, 6.07) is 11.0. The molecule has 5 rings (SSSR count). The number of nitrogens with one attached hydrogen (secondary N) is 2. The molecule has 1 saturated carbocycles. The Balaban J connectivity index is 1.93. The van der Waals surface area contributed by atoms with Crippen molar-refractivity contribution in [1.82, 2.24) is 13.7 Å². The summed E-state index contributed by atoms with van der Waals surface area (Å²) in [7, 11) is 0. The lowest BCUT2D eigenvalue weighted by Crippen LogP contribution is -2.41. The molecule has 0 saturated heterocycles. The fourth-order valence-electron chi connectivity index (χ4n) is 4.83. The van der Waals surface area contributed by atoms with Crippen LogP contribution in [0.15, 0.2) is 56.8 Å². The van der Waals surface area contributed by atoms with Crippen LogP contribution in [0.4, 0.5) is 21.6 Å². The molecule has 0 radical (unpaired) electrons. The summed E-state index contributed by atoms with van der Waals surface area (Å²) < 4.78 is 18.8. The van der Waals surface area contributed by atoms with Gasteiger partial charge in [-0.2, -0.15) is 0 Å². The first-order valence-electron chi connectivity index (χ1n) is 12.5. The van der Waals surface area contributed by atoms with E-state index >= 15 is 0 Å². The van der Waals surface area contributed by atoms with Crippen LogP contribution < -0.4 is 27.4 Å².